The van der Waals surface area contributed by atoms with Crippen LogP contribution >= 0.6 is 0 Å². The maximum atomic E-state index is 12.4. The van der Waals surface area contributed by atoms with Gasteiger partial charge in [0.05, 0.1) is 7.11 Å². The fraction of sp³-hybridized carbons (Fsp3) is 0.409. The lowest BCUT2D eigenvalue weighted by molar-refractivity contribution is 0.0951. The van der Waals surface area contributed by atoms with Crippen LogP contribution in [0.5, 0.6) is 5.75 Å². The molecule has 1 N–H and O–H groups in total. The lowest BCUT2D eigenvalue weighted by Gasteiger charge is -2.32. The van der Waals surface area contributed by atoms with Crippen LogP contribution in [0.15, 0.2) is 42.5 Å². The largest absolute Gasteiger partial charge is 0.496 e. The van der Waals surface area contributed by atoms with Gasteiger partial charge in [-0.05, 0) is 67.1 Å². The topological polar surface area (TPSA) is 41.6 Å². The maximum absolute atomic E-state index is 12.4. The van der Waals surface area contributed by atoms with Crippen LogP contribution in [0.1, 0.15) is 41.3 Å². The third-order valence-electron chi connectivity index (χ3n) is 5.07. The van der Waals surface area contributed by atoms with Crippen LogP contribution in [0.25, 0.3) is 0 Å². The number of anilines is 1. The van der Waals surface area contributed by atoms with Gasteiger partial charge in [-0.3, -0.25) is 4.79 Å². The zero-order valence-corrected chi connectivity index (χ0v) is 15.9. The van der Waals surface area contributed by atoms with Gasteiger partial charge < -0.3 is 15.0 Å². The summed E-state index contributed by atoms with van der Waals surface area (Å²) in [5, 5.41) is 2.99. The lowest BCUT2D eigenvalue weighted by atomic mass is 9.99. The molecule has 1 atom stereocenters. The van der Waals surface area contributed by atoms with Crippen molar-refractivity contribution in [2.24, 2.45) is 5.92 Å². The number of amides is 1. The zero-order valence-electron chi connectivity index (χ0n) is 15.9. The average molecular weight is 352 g/mol. The predicted octanol–water partition coefficient (Wildman–Crippen LogP) is 4.17. The van der Waals surface area contributed by atoms with Crippen LogP contribution in [-0.4, -0.2) is 26.1 Å². The summed E-state index contributed by atoms with van der Waals surface area (Å²) in [6.45, 7) is 7.05. The number of hydrogen-bond donors (Lipinski definition) is 1. The molecule has 138 valence electrons. The molecule has 1 saturated heterocycles. The van der Waals surface area contributed by atoms with E-state index < -0.39 is 0 Å². The van der Waals surface area contributed by atoms with Crippen molar-refractivity contribution in [2.45, 2.75) is 33.2 Å². The van der Waals surface area contributed by atoms with Gasteiger partial charge in [-0.25, -0.2) is 0 Å². The molecule has 26 heavy (non-hydrogen) atoms. The Hall–Kier alpha value is -2.49. The van der Waals surface area contributed by atoms with E-state index in [1.165, 1.54) is 18.5 Å². The summed E-state index contributed by atoms with van der Waals surface area (Å²) in [7, 11) is 1.64. The monoisotopic (exact) mass is 352 g/mol. The number of carbonyl (C=O) groups excluding carboxylic acids is 1. The van der Waals surface area contributed by atoms with Crippen molar-refractivity contribution in [1.82, 2.24) is 5.32 Å². The van der Waals surface area contributed by atoms with E-state index in [1.54, 1.807) is 13.2 Å². The molecule has 0 bridgehead atoms. The Balaban J connectivity index is 1.57. The number of ether oxygens (including phenoxy) is 1. The number of carbonyl (C=O) groups is 1. The molecule has 0 aliphatic carbocycles. The van der Waals surface area contributed by atoms with Crippen molar-refractivity contribution in [3.8, 4) is 5.75 Å². The molecule has 1 aliphatic heterocycles. The molecule has 1 amide bonds. The Morgan fingerprint density at radius 3 is 2.65 bits per heavy atom. The maximum Gasteiger partial charge on any atom is 0.251 e. The number of hydrogen-bond acceptors (Lipinski definition) is 3. The summed E-state index contributed by atoms with van der Waals surface area (Å²) in [6, 6.07) is 14.0. The summed E-state index contributed by atoms with van der Waals surface area (Å²) >= 11 is 0. The minimum atomic E-state index is -0.0651. The smallest absolute Gasteiger partial charge is 0.251 e. The quantitative estimate of drug-likeness (QED) is 0.878. The number of nitrogens with one attached hydrogen (secondary N) is 1. The van der Waals surface area contributed by atoms with E-state index in [-0.39, 0.29) is 5.91 Å². The highest BCUT2D eigenvalue weighted by Gasteiger charge is 2.16. The zero-order chi connectivity index (χ0) is 18.5. The van der Waals surface area contributed by atoms with Gasteiger partial charge in [-0.1, -0.05) is 19.1 Å². The first-order valence-corrected chi connectivity index (χ1v) is 9.33. The summed E-state index contributed by atoms with van der Waals surface area (Å²) in [5.41, 5.74) is 4.00. The predicted molar refractivity (Wildman–Crippen MR) is 106 cm³/mol. The van der Waals surface area contributed by atoms with Crippen LogP contribution in [0.4, 0.5) is 5.69 Å². The van der Waals surface area contributed by atoms with Gasteiger partial charge in [0.25, 0.3) is 5.91 Å². The molecular formula is C22H28N2O2. The molecule has 1 fully saturated rings. The molecule has 0 radical (unpaired) electrons. The van der Waals surface area contributed by atoms with Crippen LogP contribution in [0.2, 0.25) is 0 Å². The molecule has 0 aromatic heterocycles. The molecule has 2 aromatic carbocycles. The normalized spacial score (nSPS) is 17.0. The van der Waals surface area contributed by atoms with Gasteiger partial charge in [0.15, 0.2) is 0 Å². The number of nitrogens with zero attached hydrogens (tertiary/aromatic N) is 1. The molecule has 0 unspecified atom stereocenters. The Bertz CT molecular complexity index is 755. The molecule has 0 saturated carbocycles. The fourth-order valence-electron chi connectivity index (χ4n) is 3.55. The summed E-state index contributed by atoms with van der Waals surface area (Å²) < 4.78 is 5.24. The van der Waals surface area contributed by atoms with Crippen LogP contribution in [-0.2, 0) is 6.54 Å². The summed E-state index contributed by atoms with van der Waals surface area (Å²) in [5.74, 6) is 1.49. The third kappa shape index (κ3) is 4.37. The number of benzene rings is 2. The van der Waals surface area contributed by atoms with E-state index in [0.717, 1.165) is 35.9 Å². The minimum Gasteiger partial charge on any atom is -0.496 e. The second kappa shape index (κ2) is 8.26. The van der Waals surface area contributed by atoms with Gasteiger partial charge in [0.2, 0.25) is 0 Å². The fourth-order valence-corrected chi connectivity index (χ4v) is 3.55. The number of rotatable bonds is 5. The first kappa shape index (κ1) is 18.3. The molecule has 4 heteroatoms. The molecular weight excluding hydrogens is 324 g/mol. The second-order valence-electron chi connectivity index (χ2n) is 7.23. The van der Waals surface area contributed by atoms with E-state index in [4.69, 9.17) is 4.74 Å². The first-order valence-electron chi connectivity index (χ1n) is 9.33. The number of aryl methyl sites for hydroxylation is 1. The highest BCUT2D eigenvalue weighted by atomic mass is 16.5. The Morgan fingerprint density at radius 2 is 2.00 bits per heavy atom. The Kier molecular flexibility index (Phi) is 5.82. The molecule has 0 spiro atoms. The average Bonchev–Trinajstić information content (AvgIpc) is 2.66. The summed E-state index contributed by atoms with van der Waals surface area (Å²) in [4.78, 5) is 14.8. The first-order chi connectivity index (χ1) is 12.6. The van der Waals surface area contributed by atoms with Gasteiger partial charge in [-0.15, -0.1) is 0 Å². The Morgan fingerprint density at radius 1 is 1.23 bits per heavy atom. The van der Waals surface area contributed by atoms with E-state index in [0.29, 0.717) is 12.1 Å². The van der Waals surface area contributed by atoms with Gasteiger partial charge in [0.1, 0.15) is 5.75 Å². The Labute approximate surface area is 156 Å². The molecule has 3 rings (SSSR count). The van der Waals surface area contributed by atoms with Gasteiger partial charge >= 0.3 is 0 Å². The van der Waals surface area contributed by atoms with Crippen molar-refractivity contribution in [3.63, 3.8) is 0 Å². The van der Waals surface area contributed by atoms with Gasteiger partial charge in [-0.2, -0.15) is 0 Å². The van der Waals surface area contributed by atoms with E-state index in [1.807, 2.05) is 19.1 Å². The molecule has 1 heterocycles. The SMILES string of the molecule is COc1ccc(C(=O)NCc2ccc(N3CCC[C@H](C)C3)cc2)cc1C. The minimum absolute atomic E-state index is 0.0651. The highest BCUT2D eigenvalue weighted by Crippen LogP contribution is 2.23. The highest BCUT2D eigenvalue weighted by molar-refractivity contribution is 5.94. The van der Waals surface area contributed by atoms with Crippen molar-refractivity contribution in [1.29, 1.82) is 0 Å². The third-order valence-corrected chi connectivity index (χ3v) is 5.07. The van der Waals surface area contributed by atoms with E-state index >= 15 is 0 Å². The van der Waals surface area contributed by atoms with E-state index in [9.17, 15) is 4.79 Å². The van der Waals surface area contributed by atoms with Crippen molar-refractivity contribution < 1.29 is 9.53 Å². The molecule has 1 aliphatic rings. The van der Waals surface area contributed by atoms with Crippen LogP contribution in [0, 0.1) is 12.8 Å². The van der Waals surface area contributed by atoms with Gasteiger partial charge in [0, 0.05) is 30.9 Å². The number of methoxy groups -OCH3 is 1. The lowest BCUT2D eigenvalue weighted by Crippen LogP contribution is -2.34. The molecule has 2 aromatic rings. The van der Waals surface area contributed by atoms with Crippen LogP contribution in [0.3, 0.4) is 0 Å². The standard InChI is InChI=1S/C22H28N2O2/c1-16-5-4-12-24(15-16)20-9-6-18(7-10-20)14-23-22(25)19-8-11-21(26-3)17(2)13-19/h6-11,13,16H,4-5,12,14-15H2,1-3H3,(H,23,25)/t16-/m0/s1. The second-order valence-corrected chi connectivity index (χ2v) is 7.23. The van der Waals surface area contributed by atoms with Crippen LogP contribution < -0.4 is 15.0 Å². The summed E-state index contributed by atoms with van der Waals surface area (Å²) in [6.07, 6.45) is 2.59. The van der Waals surface area contributed by atoms with Crippen molar-refractivity contribution in [2.75, 3.05) is 25.1 Å². The van der Waals surface area contributed by atoms with E-state index in [2.05, 4.69) is 41.4 Å². The molecule has 4 nitrogen and oxygen atoms in total. The van der Waals surface area contributed by atoms with Crippen molar-refractivity contribution >= 4 is 11.6 Å². The van der Waals surface area contributed by atoms with Crippen molar-refractivity contribution in [3.05, 3.63) is 59.2 Å². The number of piperidine rings is 1.